The number of pyridine rings is 1. The molecule has 2 fully saturated rings. The van der Waals surface area contributed by atoms with Crippen molar-refractivity contribution in [3.8, 4) is 11.4 Å². The van der Waals surface area contributed by atoms with Crippen LogP contribution in [0.3, 0.4) is 0 Å². The lowest BCUT2D eigenvalue weighted by Gasteiger charge is -2.32. The van der Waals surface area contributed by atoms with Gasteiger partial charge in [-0.05, 0) is 66.2 Å². The molecule has 2 saturated heterocycles. The summed E-state index contributed by atoms with van der Waals surface area (Å²) in [7, 11) is 0. The summed E-state index contributed by atoms with van der Waals surface area (Å²) in [4.78, 5) is 31.5. The summed E-state index contributed by atoms with van der Waals surface area (Å²) >= 11 is 1.48. The molecule has 11 nitrogen and oxygen atoms in total. The number of hydrogen-bond donors (Lipinski definition) is 2. The fourth-order valence-electron chi connectivity index (χ4n) is 5.72. The number of piperidine rings is 1. The number of nitrogens with zero attached hydrogens (tertiary/aromatic N) is 7. The Morgan fingerprint density at radius 1 is 0.953 bits per heavy atom. The Morgan fingerprint density at radius 2 is 1.79 bits per heavy atom. The highest BCUT2D eigenvalue weighted by Crippen LogP contribution is 2.32. The van der Waals surface area contributed by atoms with Crippen molar-refractivity contribution >= 4 is 44.9 Å². The third-order valence-electron chi connectivity index (χ3n) is 7.94. The molecule has 7 rings (SSSR count). The molecule has 2 aliphatic heterocycles. The smallest absolute Gasteiger partial charge is 0.324 e. The highest BCUT2D eigenvalue weighted by Gasteiger charge is 2.26. The van der Waals surface area contributed by atoms with E-state index in [-0.39, 0.29) is 12.1 Å². The average Bonchev–Trinajstić information content (AvgIpc) is 3.72. The van der Waals surface area contributed by atoms with Gasteiger partial charge in [0.15, 0.2) is 11.5 Å². The predicted molar refractivity (Wildman–Crippen MR) is 169 cm³/mol. The van der Waals surface area contributed by atoms with Gasteiger partial charge in [-0.25, -0.2) is 19.4 Å². The maximum Gasteiger partial charge on any atom is 0.324 e. The van der Waals surface area contributed by atoms with Crippen LogP contribution in [0, 0.1) is 0 Å². The lowest BCUT2D eigenvalue weighted by molar-refractivity contribution is 0.122. The number of morpholine rings is 1. The van der Waals surface area contributed by atoms with Gasteiger partial charge in [-0.1, -0.05) is 6.07 Å². The van der Waals surface area contributed by atoms with Crippen LogP contribution in [0.1, 0.15) is 24.4 Å². The van der Waals surface area contributed by atoms with Crippen molar-refractivity contribution in [1.82, 2.24) is 29.6 Å². The summed E-state index contributed by atoms with van der Waals surface area (Å²) in [6.45, 7) is 5.76. The second-order valence-electron chi connectivity index (χ2n) is 10.8. The van der Waals surface area contributed by atoms with Gasteiger partial charge in [0.25, 0.3) is 0 Å². The van der Waals surface area contributed by atoms with Crippen LogP contribution in [0.5, 0.6) is 0 Å². The number of likely N-dealkylation sites (tertiary alicyclic amines) is 1. The number of fused-ring (bicyclic) bond motifs is 1. The van der Waals surface area contributed by atoms with Gasteiger partial charge < -0.3 is 15.0 Å². The van der Waals surface area contributed by atoms with E-state index in [0.717, 1.165) is 73.0 Å². The van der Waals surface area contributed by atoms with E-state index in [9.17, 15) is 4.79 Å². The number of carbonyl (C=O) groups excluding carboxylic acids is 1. The molecule has 12 heteroatoms. The van der Waals surface area contributed by atoms with E-state index in [0.29, 0.717) is 24.7 Å². The lowest BCUT2D eigenvalue weighted by Crippen LogP contribution is -2.37. The minimum Gasteiger partial charge on any atom is -0.378 e. The number of urea groups is 1. The van der Waals surface area contributed by atoms with Crippen molar-refractivity contribution in [1.29, 1.82) is 0 Å². The number of amides is 2. The number of nitrogens with one attached hydrogen (secondary N) is 2. The van der Waals surface area contributed by atoms with Gasteiger partial charge in [-0.3, -0.25) is 15.2 Å². The first-order valence-corrected chi connectivity index (χ1v) is 15.5. The van der Waals surface area contributed by atoms with Crippen molar-refractivity contribution in [3.05, 3.63) is 78.1 Å². The molecule has 43 heavy (non-hydrogen) atoms. The van der Waals surface area contributed by atoms with Gasteiger partial charge in [-0.2, -0.15) is 5.10 Å². The number of aromatic nitrogens is 5. The minimum atomic E-state index is -0.280. The Balaban J connectivity index is 1.13. The third-order valence-corrected chi connectivity index (χ3v) is 8.72. The van der Waals surface area contributed by atoms with Gasteiger partial charge in [-0.15, -0.1) is 11.3 Å². The molecule has 2 amide bonds. The average molecular weight is 596 g/mol. The molecular formula is C31H33N9O2S. The van der Waals surface area contributed by atoms with Crippen molar-refractivity contribution < 1.29 is 9.53 Å². The zero-order chi connectivity index (χ0) is 29.0. The van der Waals surface area contributed by atoms with E-state index >= 15 is 0 Å². The first-order chi connectivity index (χ1) is 21.2. The van der Waals surface area contributed by atoms with Crippen molar-refractivity contribution in [3.63, 3.8) is 0 Å². The molecule has 0 radical (unpaired) electrons. The molecule has 220 valence electrons. The largest absolute Gasteiger partial charge is 0.378 e. The van der Waals surface area contributed by atoms with Crippen molar-refractivity contribution in [2.45, 2.75) is 25.4 Å². The number of carbonyl (C=O) groups is 1. The lowest BCUT2D eigenvalue weighted by atomic mass is 10.0. The Hall–Kier alpha value is -4.39. The normalized spacial score (nSPS) is 16.4. The molecule has 1 aromatic carbocycles. The van der Waals surface area contributed by atoms with E-state index in [1.165, 1.54) is 16.9 Å². The van der Waals surface area contributed by atoms with E-state index in [1.54, 1.807) is 0 Å². The number of anilines is 3. The molecule has 0 aliphatic carbocycles. The fraction of sp³-hybridized carbons (Fsp3) is 0.323. The van der Waals surface area contributed by atoms with Crippen LogP contribution in [0.15, 0.2) is 72.5 Å². The second kappa shape index (κ2) is 12.5. The number of rotatable bonds is 7. The SMILES string of the molecule is O=C(Nc1ccc(-c2nc(N3CCOCC3)c3cnn(C4CCN(Cc5cccnc5)CC4)c3n2)cc1)Nc1cccs1. The molecule has 0 saturated carbocycles. The summed E-state index contributed by atoms with van der Waals surface area (Å²) in [6.07, 6.45) is 7.68. The molecule has 0 bridgehead atoms. The van der Waals surface area contributed by atoms with Gasteiger partial charge in [0.05, 0.1) is 35.8 Å². The first-order valence-electron chi connectivity index (χ1n) is 14.6. The highest BCUT2D eigenvalue weighted by molar-refractivity contribution is 7.14. The van der Waals surface area contributed by atoms with Crippen molar-refractivity contribution in [2.75, 3.05) is 54.9 Å². The maximum atomic E-state index is 12.4. The Kier molecular flexibility index (Phi) is 7.95. The van der Waals surface area contributed by atoms with Crippen LogP contribution in [0.25, 0.3) is 22.4 Å². The van der Waals surface area contributed by atoms with Crippen LogP contribution in [0.4, 0.5) is 21.3 Å². The summed E-state index contributed by atoms with van der Waals surface area (Å²) < 4.78 is 7.73. The van der Waals surface area contributed by atoms with Crippen LogP contribution < -0.4 is 15.5 Å². The number of ether oxygens (including phenoxy) is 1. The van der Waals surface area contributed by atoms with Crippen LogP contribution >= 0.6 is 11.3 Å². The highest BCUT2D eigenvalue weighted by atomic mass is 32.1. The van der Waals surface area contributed by atoms with Gasteiger partial charge in [0.1, 0.15) is 5.82 Å². The van der Waals surface area contributed by atoms with Crippen LogP contribution in [0.2, 0.25) is 0 Å². The summed E-state index contributed by atoms with van der Waals surface area (Å²) in [5, 5.41) is 14.3. The summed E-state index contributed by atoms with van der Waals surface area (Å²) in [6, 6.07) is 15.5. The molecule has 2 aliphatic rings. The fourth-order valence-corrected chi connectivity index (χ4v) is 6.33. The zero-order valence-electron chi connectivity index (χ0n) is 23.7. The molecule has 0 unspecified atom stereocenters. The van der Waals surface area contributed by atoms with E-state index in [4.69, 9.17) is 19.8 Å². The Labute approximate surface area is 253 Å². The molecule has 0 spiro atoms. The van der Waals surface area contributed by atoms with Gasteiger partial charge >= 0.3 is 6.03 Å². The molecular weight excluding hydrogens is 562 g/mol. The maximum absolute atomic E-state index is 12.4. The number of hydrogen-bond acceptors (Lipinski definition) is 9. The van der Waals surface area contributed by atoms with E-state index in [1.807, 2.05) is 66.4 Å². The number of benzene rings is 1. The predicted octanol–water partition coefficient (Wildman–Crippen LogP) is 5.27. The van der Waals surface area contributed by atoms with Crippen molar-refractivity contribution in [2.24, 2.45) is 0 Å². The second-order valence-corrected chi connectivity index (χ2v) is 11.7. The zero-order valence-corrected chi connectivity index (χ0v) is 24.5. The first kappa shape index (κ1) is 27.4. The quantitative estimate of drug-likeness (QED) is 0.262. The standard InChI is InChI=1S/C31H33N9O2S/c41-31(35-27-4-2-18-43-27)34-24-7-5-23(6-8-24)28-36-29(39-14-16-42-17-15-39)26-20-33-40(30(26)37-28)25-9-12-38(13-10-25)21-22-3-1-11-32-19-22/h1-8,11,18-20,25H,9-10,12-17,21H2,(H2,34,35,41). The van der Waals surface area contributed by atoms with Gasteiger partial charge in [0.2, 0.25) is 0 Å². The minimum absolute atomic E-state index is 0.261. The molecule has 4 aromatic heterocycles. The van der Waals surface area contributed by atoms with Crippen LogP contribution in [-0.2, 0) is 11.3 Å². The van der Waals surface area contributed by atoms with E-state index in [2.05, 4.69) is 36.2 Å². The molecule has 0 atom stereocenters. The third kappa shape index (κ3) is 6.21. The summed E-state index contributed by atoms with van der Waals surface area (Å²) in [5.41, 5.74) is 3.66. The Bertz CT molecular complexity index is 1660. The number of thiophene rings is 1. The molecule has 2 N–H and O–H groups in total. The topological polar surface area (TPSA) is 113 Å². The molecule has 5 aromatic rings. The summed E-state index contributed by atoms with van der Waals surface area (Å²) in [5.74, 6) is 1.53. The van der Waals surface area contributed by atoms with Crippen LogP contribution in [-0.4, -0.2) is 75.1 Å². The van der Waals surface area contributed by atoms with E-state index < -0.39 is 0 Å². The van der Waals surface area contributed by atoms with Gasteiger partial charge in [0, 0.05) is 56.4 Å². The monoisotopic (exact) mass is 595 g/mol. The Morgan fingerprint density at radius 3 is 2.53 bits per heavy atom. The molecule has 6 heterocycles.